The predicted octanol–water partition coefficient (Wildman–Crippen LogP) is 9.70. The second kappa shape index (κ2) is 9.29. The highest BCUT2D eigenvalue weighted by Gasteiger charge is 2.18. The molecule has 4 heteroatoms. The minimum Gasteiger partial charge on any atom is -0.452 e. The molecular formula is C34H21ClN2O. The van der Waals surface area contributed by atoms with Crippen molar-refractivity contribution in [2.24, 2.45) is 0 Å². The zero-order chi connectivity index (χ0) is 25.5. The topological polar surface area (TPSA) is 38.9 Å². The number of hydrogen-bond donors (Lipinski definition) is 0. The van der Waals surface area contributed by atoms with Gasteiger partial charge in [-0.2, -0.15) is 0 Å². The molecule has 0 atom stereocenters. The number of hydrogen-bond acceptors (Lipinski definition) is 3. The van der Waals surface area contributed by atoms with Crippen LogP contribution in [0.2, 0.25) is 5.28 Å². The van der Waals surface area contributed by atoms with Gasteiger partial charge in [-0.25, -0.2) is 9.97 Å². The summed E-state index contributed by atoms with van der Waals surface area (Å²) >= 11 is 6.43. The first-order valence-electron chi connectivity index (χ1n) is 12.4. The fourth-order valence-corrected chi connectivity index (χ4v) is 5.14. The second-order valence-corrected chi connectivity index (χ2v) is 9.56. The van der Waals surface area contributed by atoms with Gasteiger partial charge in [-0.05, 0) is 69.2 Å². The van der Waals surface area contributed by atoms with Gasteiger partial charge in [-0.1, -0.05) is 103 Å². The lowest BCUT2D eigenvalue weighted by Crippen LogP contribution is -1.90. The molecular weight excluding hydrogens is 488 g/mol. The van der Waals surface area contributed by atoms with E-state index in [0.29, 0.717) is 16.8 Å². The van der Waals surface area contributed by atoms with E-state index in [2.05, 4.69) is 101 Å². The van der Waals surface area contributed by atoms with Crippen molar-refractivity contribution in [1.29, 1.82) is 0 Å². The molecule has 0 bridgehead atoms. The van der Waals surface area contributed by atoms with Crippen molar-refractivity contribution in [3.8, 4) is 44.6 Å². The van der Waals surface area contributed by atoms with E-state index in [1.165, 1.54) is 11.1 Å². The van der Waals surface area contributed by atoms with Crippen LogP contribution >= 0.6 is 11.6 Å². The molecule has 0 spiro atoms. The van der Waals surface area contributed by atoms with Crippen LogP contribution in [0.1, 0.15) is 0 Å². The van der Waals surface area contributed by atoms with E-state index in [-0.39, 0.29) is 5.28 Å². The molecule has 0 fully saturated rings. The quantitative estimate of drug-likeness (QED) is 0.222. The van der Waals surface area contributed by atoms with Crippen molar-refractivity contribution >= 4 is 33.7 Å². The van der Waals surface area contributed by atoms with E-state index in [0.717, 1.165) is 38.8 Å². The Bertz CT molecular complexity index is 1930. The molecule has 0 unspecified atom stereocenters. The van der Waals surface area contributed by atoms with Crippen LogP contribution in [0.3, 0.4) is 0 Å². The molecule has 0 aliphatic heterocycles. The van der Waals surface area contributed by atoms with Crippen molar-refractivity contribution in [1.82, 2.24) is 9.97 Å². The first kappa shape index (κ1) is 22.5. The average Bonchev–Trinajstić information content (AvgIpc) is 3.35. The Labute approximate surface area is 225 Å². The first-order valence-corrected chi connectivity index (χ1v) is 12.8. The lowest BCUT2D eigenvalue weighted by molar-refractivity contribution is 0.667. The molecule has 3 nitrogen and oxygen atoms in total. The third-order valence-electron chi connectivity index (χ3n) is 6.83. The molecule has 2 heterocycles. The Kier molecular flexibility index (Phi) is 5.49. The maximum atomic E-state index is 6.43. The molecule has 0 saturated heterocycles. The highest BCUT2D eigenvalue weighted by molar-refractivity contribution is 6.29. The van der Waals surface area contributed by atoms with Crippen molar-refractivity contribution in [3.63, 3.8) is 0 Å². The van der Waals surface area contributed by atoms with Gasteiger partial charge in [-0.3, -0.25) is 0 Å². The van der Waals surface area contributed by atoms with E-state index < -0.39 is 0 Å². The molecule has 0 aliphatic carbocycles. The monoisotopic (exact) mass is 508 g/mol. The summed E-state index contributed by atoms with van der Waals surface area (Å²) in [6.07, 6.45) is 0. The van der Waals surface area contributed by atoms with E-state index in [4.69, 9.17) is 16.0 Å². The van der Waals surface area contributed by atoms with E-state index >= 15 is 0 Å². The zero-order valence-electron chi connectivity index (χ0n) is 20.3. The SMILES string of the molecule is Clc1nc(-c2cccc(-c3ccccc3)c2)c2oc3cc(-c4cccc(-c5ccccc5)c4)ccc3c2n1. The molecule has 0 aliphatic rings. The molecule has 2 aromatic heterocycles. The Hall–Kier alpha value is -4.73. The number of nitrogens with zero attached hydrogens (tertiary/aromatic N) is 2. The summed E-state index contributed by atoms with van der Waals surface area (Å²) in [5.41, 5.74) is 10.5. The Morgan fingerprint density at radius 2 is 1.00 bits per heavy atom. The standard InChI is InChI=1S/C34H21ClN2O/c35-34-36-31(28-16-8-14-25(20-28)23-11-5-2-6-12-23)33-32(37-34)29-18-17-27(21-30(29)38-33)26-15-7-13-24(19-26)22-9-3-1-4-10-22/h1-21H. The summed E-state index contributed by atoms with van der Waals surface area (Å²) in [5, 5.41) is 1.10. The van der Waals surface area contributed by atoms with Crippen LogP contribution in [-0.4, -0.2) is 9.97 Å². The normalized spacial score (nSPS) is 11.3. The van der Waals surface area contributed by atoms with Gasteiger partial charge in [0.1, 0.15) is 16.8 Å². The lowest BCUT2D eigenvalue weighted by Gasteiger charge is -2.06. The summed E-state index contributed by atoms with van der Waals surface area (Å²) < 4.78 is 6.43. The number of aromatic nitrogens is 2. The number of furan rings is 1. The molecule has 7 aromatic rings. The molecule has 0 N–H and O–H groups in total. The predicted molar refractivity (Wildman–Crippen MR) is 156 cm³/mol. The number of rotatable bonds is 4. The summed E-state index contributed by atoms with van der Waals surface area (Å²) in [5.74, 6) is 0. The maximum absolute atomic E-state index is 6.43. The van der Waals surface area contributed by atoms with Crippen LogP contribution < -0.4 is 0 Å². The second-order valence-electron chi connectivity index (χ2n) is 9.23. The third-order valence-corrected chi connectivity index (χ3v) is 7.00. The number of benzene rings is 5. The van der Waals surface area contributed by atoms with Gasteiger partial charge < -0.3 is 4.42 Å². The third kappa shape index (κ3) is 4.03. The largest absolute Gasteiger partial charge is 0.452 e. The van der Waals surface area contributed by atoms with Crippen LogP contribution in [0.15, 0.2) is 132 Å². The van der Waals surface area contributed by atoms with Crippen molar-refractivity contribution in [2.75, 3.05) is 0 Å². The molecule has 5 aromatic carbocycles. The van der Waals surface area contributed by atoms with Crippen molar-refractivity contribution < 1.29 is 4.42 Å². The van der Waals surface area contributed by atoms with Gasteiger partial charge in [0.15, 0.2) is 5.58 Å². The summed E-state index contributed by atoms with van der Waals surface area (Å²) in [6.45, 7) is 0. The van der Waals surface area contributed by atoms with Gasteiger partial charge in [0.25, 0.3) is 0 Å². The summed E-state index contributed by atoms with van der Waals surface area (Å²) in [6, 6.07) is 43.7. The highest BCUT2D eigenvalue weighted by Crippen LogP contribution is 2.37. The van der Waals surface area contributed by atoms with Crippen LogP contribution in [0.4, 0.5) is 0 Å². The van der Waals surface area contributed by atoms with Gasteiger partial charge in [-0.15, -0.1) is 0 Å². The van der Waals surface area contributed by atoms with Crippen LogP contribution in [0.25, 0.3) is 66.7 Å². The smallest absolute Gasteiger partial charge is 0.223 e. The van der Waals surface area contributed by atoms with E-state index in [1.807, 2.05) is 36.4 Å². The van der Waals surface area contributed by atoms with E-state index in [1.54, 1.807) is 0 Å². The highest BCUT2D eigenvalue weighted by atomic mass is 35.5. The number of halogens is 1. The van der Waals surface area contributed by atoms with Gasteiger partial charge in [0, 0.05) is 10.9 Å². The first-order chi connectivity index (χ1) is 18.7. The van der Waals surface area contributed by atoms with Gasteiger partial charge in [0.05, 0.1) is 0 Å². The molecule has 0 saturated carbocycles. The Morgan fingerprint density at radius 1 is 0.474 bits per heavy atom. The Morgan fingerprint density at radius 3 is 1.66 bits per heavy atom. The molecule has 38 heavy (non-hydrogen) atoms. The summed E-state index contributed by atoms with van der Waals surface area (Å²) in [4.78, 5) is 9.14. The fraction of sp³-hybridized carbons (Fsp3) is 0. The zero-order valence-corrected chi connectivity index (χ0v) is 21.1. The molecule has 7 rings (SSSR count). The Balaban J connectivity index is 1.35. The molecule has 180 valence electrons. The maximum Gasteiger partial charge on any atom is 0.223 e. The van der Waals surface area contributed by atoms with E-state index in [9.17, 15) is 0 Å². The van der Waals surface area contributed by atoms with Crippen molar-refractivity contribution in [3.05, 3.63) is 133 Å². The van der Waals surface area contributed by atoms with Crippen molar-refractivity contribution in [2.45, 2.75) is 0 Å². The fourth-order valence-electron chi connectivity index (χ4n) is 4.98. The summed E-state index contributed by atoms with van der Waals surface area (Å²) in [7, 11) is 0. The van der Waals surface area contributed by atoms with Crippen LogP contribution in [0, 0.1) is 0 Å². The average molecular weight is 509 g/mol. The minimum atomic E-state index is 0.194. The lowest BCUT2D eigenvalue weighted by atomic mass is 9.98. The van der Waals surface area contributed by atoms with Gasteiger partial charge >= 0.3 is 0 Å². The molecule has 0 radical (unpaired) electrons. The number of fused-ring (bicyclic) bond motifs is 3. The van der Waals surface area contributed by atoms with Crippen LogP contribution in [0.5, 0.6) is 0 Å². The molecule has 0 amide bonds. The minimum absolute atomic E-state index is 0.194. The van der Waals surface area contributed by atoms with Crippen LogP contribution in [-0.2, 0) is 0 Å². The van der Waals surface area contributed by atoms with Gasteiger partial charge in [0.2, 0.25) is 5.28 Å².